The van der Waals surface area contributed by atoms with Gasteiger partial charge in [-0.1, -0.05) is 18.2 Å². The lowest BCUT2D eigenvalue weighted by Crippen LogP contribution is -2.21. The summed E-state index contributed by atoms with van der Waals surface area (Å²) in [5.74, 6) is 1.32. The average Bonchev–Trinajstić information content (AvgIpc) is 2.49. The summed E-state index contributed by atoms with van der Waals surface area (Å²) in [6.07, 6.45) is 0.809. The van der Waals surface area contributed by atoms with Crippen LogP contribution in [0.5, 0.6) is 11.5 Å². The van der Waals surface area contributed by atoms with Crippen LogP contribution < -0.4 is 9.64 Å². The second kappa shape index (κ2) is 6.75. The van der Waals surface area contributed by atoms with Gasteiger partial charge in [0.15, 0.2) is 6.29 Å². The molecule has 0 atom stereocenters. The van der Waals surface area contributed by atoms with Crippen LogP contribution in [-0.4, -0.2) is 19.4 Å². The van der Waals surface area contributed by atoms with E-state index < -0.39 is 0 Å². The zero-order valence-electron chi connectivity index (χ0n) is 11.9. The Bertz CT molecular complexity index is 577. The maximum atomic E-state index is 11.0. The van der Waals surface area contributed by atoms with Crippen molar-refractivity contribution in [1.29, 1.82) is 0 Å². The molecule has 0 amide bonds. The number of aldehydes is 1. The lowest BCUT2D eigenvalue weighted by Gasteiger charge is -2.21. The maximum Gasteiger partial charge on any atom is 0.153 e. The average molecular weight is 269 g/mol. The minimum Gasteiger partial charge on any atom is -0.457 e. The van der Waals surface area contributed by atoms with Crippen LogP contribution in [0.4, 0.5) is 5.69 Å². The van der Waals surface area contributed by atoms with E-state index in [1.165, 1.54) is 0 Å². The van der Waals surface area contributed by atoms with E-state index in [0.29, 0.717) is 11.3 Å². The van der Waals surface area contributed by atoms with E-state index in [4.69, 9.17) is 4.74 Å². The van der Waals surface area contributed by atoms with Gasteiger partial charge in [0, 0.05) is 24.8 Å². The number of carbonyl (C=O) groups is 1. The first-order chi connectivity index (χ1) is 9.78. The first-order valence-corrected chi connectivity index (χ1v) is 6.85. The van der Waals surface area contributed by atoms with Gasteiger partial charge >= 0.3 is 0 Å². The lowest BCUT2D eigenvalue weighted by molar-refractivity contribution is 0.112. The van der Waals surface area contributed by atoms with Crippen molar-refractivity contribution in [3.05, 3.63) is 54.1 Å². The molecular formula is C17H19NO2. The van der Waals surface area contributed by atoms with Crippen LogP contribution in [0, 0.1) is 0 Å². The van der Waals surface area contributed by atoms with Crippen LogP contribution in [-0.2, 0) is 0 Å². The number of benzene rings is 2. The van der Waals surface area contributed by atoms with Crippen LogP contribution in [0.1, 0.15) is 24.2 Å². The summed E-state index contributed by atoms with van der Waals surface area (Å²) in [6.45, 7) is 6.15. The molecule has 2 aromatic carbocycles. The number of anilines is 1. The monoisotopic (exact) mass is 269 g/mol. The van der Waals surface area contributed by atoms with Crippen molar-refractivity contribution < 1.29 is 9.53 Å². The third-order valence-corrected chi connectivity index (χ3v) is 3.22. The molecule has 104 valence electrons. The summed E-state index contributed by atoms with van der Waals surface area (Å²) in [5.41, 5.74) is 1.68. The molecule has 0 N–H and O–H groups in total. The minimum absolute atomic E-state index is 0.556. The number of rotatable bonds is 6. The van der Waals surface area contributed by atoms with Crippen molar-refractivity contribution in [2.45, 2.75) is 13.8 Å². The number of carbonyl (C=O) groups excluding carboxylic acids is 1. The van der Waals surface area contributed by atoms with Crippen LogP contribution in [0.25, 0.3) is 0 Å². The summed E-state index contributed by atoms with van der Waals surface area (Å²) in [5, 5.41) is 0. The number of para-hydroxylation sites is 1. The Kier molecular flexibility index (Phi) is 4.77. The van der Waals surface area contributed by atoms with Gasteiger partial charge in [-0.2, -0.15) is 0 Å². The molecule has 20 heavy (non-hydrogen) atoms. The molecule has 0 aliphatic carbocycles. The summed E-state index contributed by atoms with van der Waals surface area (Å²) in [6, 6.07) is 15.1. The Balaban J connectivity index is 2.25. The predicted molar refractivity (Wildman–Crippen MR) is 81.9 cm³/mol. The Morgan fingerprint density at radius 2 is 1.80 bits per heavy atom. The van der Waals surface area contributed by atoms with E-state index in [1.807, 2.05) is 30.3 Å². The van der Waals surface area contributed by atoms with Gasteiger partial charge in [0.1, 0.15) is 11.5 Å². The fourth-order valence-corrected chi connectivity index (χ4v) is 2.13. The van der Waals surface area contributed by atoms with Gasteiger partial charge in [0.2, 0.25) is 0 Å². The van der Waals surface area contributed by atoms with Crippen molar-refractivity contribution in [2.75, 3.05) is 18.0 Å². The molecule has 0 saturated heterocycles. The molecule has 0 aliphatic heterocycles. The summed E-state index contributed by atoms with van der Waals surface area (Å²) in [4.78, 5) is 13.2. The highest BCUT2D eigenvalue weighted by atomic mass is 16.5. The first kappa shape index (κ1) is 14.1. The normalized spacial score (nSPS) is 10.1. The van der Waals surface area contributed by atoms with E-state index in [1.54, 1.807) is 12.1 Å². The Labute approximate surface area is 119 Å². The van der Waals surface area contributed by atoms with E-state index in [0.717, 1.165) is 30.8 Å². The standard InChI is InChI=1S/C17H19NO2/c1-3-18(4-2)15-9-7-10-16(12-15)20-17-11-6-5-8-14(17)13-19/h5-13H,3-4H2,1-2H3. The van der Waals surface area contributed by atoms with Gasteiger partial charge < -0.3 is 9.64 Å². The molecule has 0 radical (unpaired) electrons. The zero-order valence-corrected chi connectivity index (χ0v) is 11.9. The number of hydrogen-bond donors (Lipinski definition) is 0. The van der Waals surface area contributed by atoms with Crippen molar-refractivity contribution in [1.82, 2.24) is 0 Å². The Morgan fingerprint density at radius 1 is 1.05 bits per heavy atom. The van der Waals surface area contributed by atoms with Crippen molar-refractivity contribution in [2.24, 2.45) is 0 Å². The highest BCUT2D eigenvalue weighted by molar-refractivity contribution is 5.79. The van der Waals surface area contributed by atoms with Gasteiger partial charge in [-0.25, -0.2) is 0 Å². The van der Waals surface area contributed by atoms with Gasteiger partial charge in [0.25, 0.3) is 0 Å². The molecule has 2 rings (SSSR count). The molecular weight excluding hydrogens is 250 g/mol. The SMILES string of the molecule is CCN(CC)c1cccc(Oc2ccccc2C=O)c1. The molecule has 0 saturated carbocycles. The van der Waals surface area contributed by atoms with Gasteiger partial charge in [0.05, 0.1) is 5.56 Å². The first-order valence-electron chi connectivity index (χ1n) is 6.85. The topological polar surface area (TPSA) is 29.5 Å². The van der Waals surface area contributed by atoms with E-state index in [9.17, 15) is 4.79 Å². The van der Waals surface area contributed by atoms with Crippen LogP contribution in [0.3, 0.4) is 0 Å². The lowest BCUT2D eigenvalue weighted by atomic mass is 10.2. The minimum atomic E-state index is 0.556. The summed E-state index contributed by atoms with van der Waals surface area (Å²) >= 11 is 0. The van der Waals surface area contributed by atoms with Crippen LogP contribution in [0.2, 0.25) is 0 Å². The number of ether oxygens (including phenoxy) is 1. The van der Waals surface area contributed by atoms with Crippen LogP contribution >= 0.6 is 0 Å². The van der Waals surface area contributed by atoms with Crippen molar-refractivity contribution in [3.63, 3.8) is 0 Å². The zero-order chi connectivity index (χ0) is 14.4. The fraction of sp³-hybridized carbons (Fsp3) is 0.235. The Hall–Kier alpha value is -2.29. The highest BCUT2D eigenvalue weighted by Gasteiger charge is 2.06. The molecule has 0 bridgehead atoms. The van der Waals surface area contributed by atoms with Gasteiger partial charge in [-0.3, -0.25) is 4.79 Å². The molecule has 0 fully saturated rings. The second-order valence-electron chi connectivity index (χ2n) is 4.43. The van der Waals surface area contributed by atoms with E-state index in [2.05, 4.69) is 24.8 Å². The van der Waals surface area contributed by atoms with Crippen molar-refractivity contribution >= 4 is 12.0 Å². The van der Waals surface area contributed by atoms with Gasteiger partial charge in [-0.05, 0) is 38.1 Å². The second-order valence-corrected chi connectivity index (χ2v) is 4.43. The third kappa shape index (κ3) is 3.18. The summed E-state index contributed by atoms with van der Waals surface area (Å²) < 4.78 is 5.82. The van der Waals surface area contributed by atoms with Crippen LogP contribution in [0.15, 0.2) is 48.5 Å². The largest absolute Gasteiger partial charge is 0.457 e. The molecule has 0 aromatic heterocycles. The highest BCUT2D eigenvalue weighted by Crippen LogP contribution is 2.27. The molecule has 0 unspecified atom stereocenters. The fourth-order valence-electron chi connectivity index (χ4n) is 2.13. The van der Waals surface area contributed by atoms with Gasteiger partial charge in [-0.15, -0.1) is 0 Å². The molecule has 2 aromatic rings. The molecule has 3 nitrogen and oxygen atoms in total. The molecule has 0 spiro atoms. The predicted octanol–water partition coefficient (Wildman–Crippen LogP) is 4.14. The van der Waals surface area contributed by atoms with E-state index >= 15 is 0 Å². The number of hydrogen-bond acceptors (Lipinski definition) is 3. The maximum absolute atomic E-state index is 11.0. The smallest absolute Gasteiger partial charge is 0.153 e. The van der Waals surface area contributed by atoms with E-state index in [-0.39, 0.29) is 0 Å². The third-order valence-electron chi connectivity index (χ3n) is 3.22. The van der Waals surface area contributed by atoms with Crippen molar-refractivity contribution in [3.8, 4) is 11.5 Å². The molecule has 0 aliphatic rings. The molecule has 0 heterocycles. The Morgan fingerprint density at radius 3 is 2.50 bits per heavy atom. The number of nitrogens with zero attached hydrogens (tertiary/aromatic N) is 1. The quantitative estimate of drug-likeness (QED) is 0.738. The summed E-state index contributed by atoms with van der Waals surface area (Å²) in [7, 11) is 0. The molecule has 3 heteroatoms.